The molecule has 16 nitrogen and oxygen atoms in total. The van der Waals surface area contributed by atoms with Crippen LogP contribution in [0, 0.1) is 0 Å². The van der Waals surface area contributed by atoms with Crippen molar-refractivity contribution in [1.82, 2.24) is 30.0 Å². The van der Waals surface area contributed by atoms with Gasteiger partial charge in [-0.05, 0) is 73.2 Å². The largest absolute Gasteiger partial charge is 0.465 e. The standard InChI is InChI=1S/C46H44N8O8/c55-41(35-16-9-23-52(35)43(57)39(50-45(59)60)28-11-3-1-4-12-28)48-30-18-20-33-34-21-19-31(26-38(34)54(37(33)25-30)27-32-15-7-8-22-47-32)49-42(56)36-17-10-24-53(36)44(58)40(51-46(61)62)29-13-5-2-6-14-29/h1-8,11-15,18-22,25-26,35-36,39-40,50-51H,9-10,16-17,23-24,27H2,(H,48,55)(H,49,56)(H,59,60)(H,61,62)/t35-,36-,39?,40?/m0/s1. The Labute approximate surface area is 355 Å². The molecule has 4 atom stereocenters. The Kier molecular flexibility index (Phi) is 11.8. The maximum absolute atomic E-state index is 13.9. The number of hydrogen-bond donors (Lipinski definition) is 6. The molecule has 0 radical (unpaired) electrons. The Morgan fingerprint density at radius 2 is 1.05 bits per heavy atom. The number of nitrogens with zero attached hydrogens (tertiary/aromatic N) is 4. The minimum absolute atomic E-state index is 0.295. The maximum Gasteiger partial charge on any atom is 0.405 e. The third-order valence-corrected chi connectivity index (χ3v) is 11.4. The van der Waals surface area contributed by atoms with Crippen LogP contribution in [0.1, 0.15) is 54.6 Å². The number of carbonyl (C=O) groups excluding carboxylic acids is 4. The van der Waals surface area contributed by atoms with Crippen LogP contribution in [0.15, 0.2) is 121 Å². The van der Waals surface area contributed by atoms with Crippen molar-refractivity contribution in [3.05, 3.63) is 138 Å². The van der Waals surface area contributed by atoms with Crippen molar-refractivity contribution in [1.29, 1.82) is 0 Å². The molecule has 0 spiro atoms. The quantitative estimate of drug-likeness (QED) is 0.0837. The second kappa shape index (κ2) is 17.8. The first-order chi connectivity index (χ1) is 30.0. The van der Waals surface area contributed by atoms with Crippen LogP contribution < -0.4 is 21.3 Å². The summed E-state index contributed by atoms with van der Waals surface area (Å²) in [6.07, 6.45) is 0.943. The van der Waals surface area contributed by atoms with Crippen LogP contribution >= 0.6 is 0 Å². The monoisotopic (exact) mass is 836 g/mol. The molecular weight excluding hydrogens is 793 g/mol. The molecule has 62 heavy (non-hydrogen) atoms. The van der Waals surface area contributed by atoms with Crippen LogP contribution in [0.5, 0.6) is 0 Å². The fourth-order valence-corrected chi connectivity index (χ4v) is 8.58. The minimum atomic E-state index is -1.35. The molecule has 6 N–H and O–H groups in total. The lowest BCUT2D eigenvalue weighted by Crippen LogP contribution is -2.48. The summed E-state index contributed by atoms with van der Waals surface area (Å²) in [4.78, 5) is 86.3. The fourth-order valence-electron chi connectivity index (χ4n) is 8.58. The third kappa shape index (κ3) is 8.61. The Balaban J connectivity index is 1.06. The van der Waals surface area contributed by atoms with Gasteiger partial charge in [-0.2, -0.15) is 0 Å². The molecule has 2 aromatic heterocycles. The second-order valence-electron chi connectivity index (χ2n) is 15.3. The number of likely N-dealkylation sites (tertiary alicyclic amines) is 2. The molecule has 4 aromatic carbocycles. The summed E-state index contributed by atoms with van der Waals surface area (Å²) in [6, 6.07) is 29.7. The van der Waals surface area contributed by atoms with Gasteiger partial charge in [0.1, 0.15) is 24.2 Å². The van der Waals surface area contributed by atoms with Gasteiger partial charge in [-0.1, -0.05) is 78.9 Å². The number of nitrogens with one attached hydrogen (secondary N) is 4. The topological polar surface area (TPSA) is 215 Å². The molecule has 16 heteroatoms. The first kappa shape index (κ1) is 41.0. The lowest BCUT2D eigenvalue weighted by molar-refractivity contribution is -0.138. The van der Waals surface area contributed by atoms with Crippen molar-refractivity contribution in [2.24, 2.45) is 0 Å². The van der Waals surface area contributed by atoms with Crippen molar-refractivity contribution < 1.29 is 39.0 Å². The predicted octanol–water partition coefficient (Wildman–Crippen LogP) is 6.11. The first-order valence-electron chi connectivity index (χ1n) is 20.3. The van der Waals surface area contributed by atoms with E-state index in [-0.39, 0.29) is 0 Å². The maximum atomic E-state index is 13.9. The van der Waals surface area contributed by atoms with Crippen LogP contribution in [0.25, 0.3) is 21.8 Å². The molecule has 6 aromatic rings. The summed E-state index contributed by atoms with van der Waals surface area (Å²) in [7, 11) is 0. The van der Waals surface area contributed by atoms with E-state index in [9.17, 15) is 39.0 Å². The molecule has 2 unspecified atom stereocenters. The zero-order valence-corrected chi connectivity index (χ0v) is 33.4. The van der Waals surface area contributed by atoms with Gasteiger partial charge in [-0.3, -0.25) is 24.2 Å². The van der Waals surface area contributed by atoms with Gasteiger partial charge in [-0.15, -0.1) is 0 Å². The number of hydrogen-bond acceptors (Lipinski definition) is 7. The fraction of sp³-hybridized carbons (Fsp3) is 0.239. The lowest BCUT2D eigenvalue weighted by atomic mass is 10.0. The molecule has 2 fully saturated rings. The van der Waals surface area contributed by atoms with Gasteiger partial charge in [0.2, 0.25) is 11.8 Å². The number of benzene rings is 4. The van der Waals surface area contributed by atoms with Crippen molar-refractivity contribution in [3.8, 4) is 0 Å². The predicted molar refractivity (Wildman–Crippen MR) is 230 cm³/mol. The number of fused-ring (bicyclic) bond motifs is 3. The molecule has 316 valence electrons. The summed E-state index contributed by atoms with van der Waals surface area (Å²) >= 11 is 0. The summed E-state index contributed by atoms with van der Waals surface area (Å²) in [5.74, 6) is -1.82. The highest BCUT2D eigenvalue weighted by Crippen LogP contribution is 2.35. The van der Waals surface area contributed by atoms with Crippen molar-refractivity contribution in [2.75, 3.05) is 23.7 Å². The molecule has 6 amide bonds. The normalized spacial score (nSPS) is 17.0. The highest BCUT2D eigenvalue weighted by atomic mass is 16.4. The number of carbonyl (C=O) groups is 6. The van der Waals surface area contributed by atoms with Crippen molar-refractivity contribution in [2.45, 2.75) is 56.4 Å². The van der Waals surface area contributed by atoms with E-state index in [4.69, 9.17) is 0 Å². The van der Waals surface area contributed by atoms with Crippen LogP contribution in [0.3, 0.4) is 0 Å². The zero-order valence-electron chi connectivity index (χ0n) is 33.4. The number of carboxylic acid groups (broad SMARTS) is 2. The highest BCUT2D eigenvalue weighted by Gasteiger charge is 2.40. The van der Waals surface area contributed by atoms with Crippen LogP contribution in [0.2, 0.25) is 0 Å². The molecule has 0 saturated carbocycles. The smallest absolute Gasteiger partial charge is 0.405 e. The Bertz CT molecular complexity index is 2500. The van der Waals surface area contributed by atoms with Gasteiger partial charge in [-0.25, -0.2) is 9.59 Å². The first-order valence-corrected chi connectivity index (χ1v) is 20.3. The zero-order chi connectivity index (χ0) is 43.3. The van der Waals surface area contributed by atoms with E-state index < -0.39 is 60.0 Å². The van der Waals surface area contributed by atoms with E-state index in [2.05, 4.69) is 26.3 Å². The summed E-state index contributed by atoms with van der Waals surface area (Å²) in [5.41, 5.74) is 4.22. The summed E-state index contributed by atoms with van der Waals surface area (Å²) < 4.78 is 2.04. The van der Waals surface area contributed by atoms with Gasteiger partial charge in [0.25, 0.3) is 11.8 Å². The third-order valence-electron chi connectivity index (χ3n) is 11.4. The van der Waals surface area contributed by atoms with Crippen LogP contribution in [-0.2, 0) is 25.7 Å². The molecule has 0 bridgehead atoms. The molecule has 0 aliphatic carbocycles. The number of pyridine rings is 1. The average molecular weight is 837 g/mol. The Hall–Kier alpha value is -7.75. The summed E-state index contributed by atoms with van der Waals surface area (Å²) in [6.45, 7) is 0.937. The van der Waals surface area contributed by atoms with Gasteiger partial charge in [0, 0.05) is 41.4 Å². The van der Waals surface area contributed by atoms with Gasteiger partial charge < -0.3 is 45.8 Å². The molecule has 2 aliphatic rings. The van der Waals surface area contributed by atoms with E-state index in [0.717, 1.165) is 27.5 Å². The number of amides is 6. The average Bonchev–Trinajstić information content (AvgIpc) is 4.04. The minimum Gasteiger partial charge on any atom is -0.465 e. The Morgan fingerprint density at radius 1 is 0.597 bits per heavy atom. The SMILES string of the molecule is O=C(O)NC(C(=O)N1CCC[C@H]1C(=O)Nc1ccc2c3ccc(NC(=O)[C@@H]4CCCN4C(=O)C(NC(=O)O)c4ccccc4)cc3n(Cc3ccccn3)c2c1)c1ccccc1. The second-order valence-corrected chi connectivity index (χ2v) is 15.3. The number of rotatable bonds is 12. The molecule has 4 heterocycles. The van der Waals surface area contributed by atoms with Crippen LogP contribution in [0.4, 0.5) is 21.0 Å². The molecule has 2 aliphatic heterocycles. The van der Waals surface area contributed by atoms with Crippen molar-refractivity contribution in [3.63, 3.8) is 0 Å². The van der Waals surface area contributed by atoms with E-state index in [1.807, 2.05) is 47.0 Å². The number of anilines is 2. The van der Waals surface area contributed by atoms with E-state index in [0.29, 0.717) is 67.8 Å². The van der Waals surface area contributed by atoms with Gasteiger partial charge >= 0.3 is 12.2 Å². The van der Waals surface area contributed by atoms with Crippen molar-refractivity contribution >= 4 is 69.0 Å². The Morgan fingerprint density at radius 3 is 1.47 bits per heavy atom. The number of aromatic nitrogens is 2. The van der Waals surface area contributed by atoms with E-state index >= 15 is 0 Å². The molecular formula is C46H44N8O8. The van der Waals surface area contributed by atoms with E-state index in [1.165, 1.54) is 9.80 Å². The molecule has 2 saturated heterocycles. The van der Waals surface area contributed by atoms with Gasteiger partial charge in [0.05, 0.1) is 23.3 Å². The van der Waals surface area contributed by atoms with Crippen LogP contribution in [-0.4, -0.2) is 90.6 Å². The lowest BCUT2D eigenvalue weighted by Gasteiger charge is -2.28. The molecule has 8 rings (SSSR count). The summed E-state index contributed by atoms with van der Waals surface area (Å²) in [5, 5.41) is 31.5. The van der Waals surface area contributed by atoms with Gasteiger partial charge in [0.15, 0.2) is 0 Å². The highest BCUT2D eigenvalue weighted by molar-refractivity contribution is 6.11. The van der Waals surface area contributed by atoms with E-state index in [1.54, 1.807) is 79.0 Å².